The van der Waals surface area contributed by atoms with Gasteiger partial charge < -0.3 is 37.9 Å². The number of hydrogen-bond acceptors (Lipinski definition) is 10. The molecule has 0 radical (unpaired) electrons. The molecule has 0 spiro atoms. The lowest BCUT2D eigenvalue weighted by molar-refractivity contribution is -0.319. The largest absolute Gasteiger partial charge is 0.463 e. The molecule has 0 aromatic heterocycles. The summed E-state index contributed by atoms with van der Waals surface area (Å²) in [6.45, 7) is 3.77. The fraction of sp³-hybridized carbons (Fsp3) is 0.487. The van der Waals surface area contributed by atoms with Gasteiger partial charge in [0.25, 0.3) is 0 Å². The van der Waals surface area contributed by atoms with E-state index in [0.717, 1.165) is 16.7 Å². The molecule has 264 valence electrons. The van der Waals surface area contributed by atoms with Crippen molar-refractivity contribution >= 4 is 11.9 Å². The minimum absolute atomic E-state index is 0.00804. The normalized spacial score (nSPS) is 26.9. The molecule has 8 atom stereocenters. The first-order valence-electron chi connectivity index (χ1n) is 17.0. The van der Waals surface area contributed by atoms with E-state index in [1.165, 1.54) is 13.8 Å². The predicted octanol–water partition coefficient (Wildman–Crippen LogP) is 5.94. The maximum absolute atomic E-state index is 11.7. The average Bonchev–Trinajstić information content (AvgIpc) is 3.12. The molecule has 10 heteroatoms. The van der Waals surface area contributed by atoms with Gasteiger partial charge in [-0.15, -0.1) is 0 Å². The molecule has 2 saturated heterocycles. The summed E-state index contributed by atoms with van der Waals surface area (Å²) in [5.74, 6) is -0.817. The second-order valence-electron chi connectivity index (χ2n) is 12.5. The van der Waals surface area contributed by atoms with E-state index in [0.29, 0.717) is 45.5 Å². The van der Waals surface area contributed by atoms with Crippen LogP contribution in [-0.4, -0.2) is 74.7 Å². The van der Waals surface area contributed by atoms with E-state index in [9.17, 15) is 9.59 Å². The van der Waals surface area contributed by atoms with Crippen LogP contribution in [0.1, 0.15) is 56.2 Å². The van der Waals surface area contributed by atoms with Crippen LogP contribution in [0.5, 0.6) is 0 Å². The van der Waals surface area contributed by atoms with Crippen molar-refractivity contribution in [2.75, 3.05) is 13.7 Å². The highest BCUT2D eigenvalue weighted by molar-refractivity contribution is 5.66. The number of hydrogen-bond donors (Lipinski definition) is 0. The SMILES string of the molecule is CO[C@H]1O[C@H](CC[C@@H]2CC[C@H](OC(C)=O)[C@@H](COC(C)=O)O2)[C@@H](OCc2ccccc2)[C@H](OCc2ccccc2)[C@H]1OCc1ccccc1. The third-order valence-electron chi connectivity index (χ3n) is 8.78. The Labute approximate surface area is 288 Å². The molecule has 0 bridgehead atoms. The van der Waals surface area contributed by atoms with Gasteiger partial charge in [-0.1, -0.05) is 91.0 Å². The molecule has 0 saturated carbocycles. The lowest BCUT2D eigenvalue weighted by Gasteiger charge is -2.46. The molecule has 2 heterocycles. The Bertz CT molecular complexity index is 1410. The fourth-order valence-corrected chi connectivity index (χ4v) is 6.36. The second kappa shape index (κ2) is 18.9. The van der Waals surface area contributed by atoms with Gasteiger partial charge in [-0.2, -0.15) is 0 Å². The summed E-state index contributed by atoms with van der Waals surface area (Å²) in [6, 6.07) is 30.0. The topological polar surface area (TPSA) is 108 Å². The van der Waals surface area contributed by atoms with Gasteiger partial charge in [0.15, 0.2) is 6.29 Å². The van der Waals surface area contributed by atoms with Crippen molar-refractivity contribution in [3.63, 3.8) is 0 Å². The molecule has 3 aromatic rings. The van der Waals surface area contributed by atoms with Crippen LogP contribution in [-0.2, 0) is 67.3 Å². The number of benzene rings is 3. The number of carbonyl (C=O) groups excluding carboxylic acids is 2. The molecular formula is C39H48O10. The quantitative estimate of drug-likeness (QED) is 0.169. The van der Waals surface area contributed by atoms with E-state index in [1.54, 1.807) is 7.11 Å². The summed E-state index contributed by atoms with van der Waals surface area (Å²) in [6.07, 6.45) is -1.55. The lowest BCUT2D eigenvalue weighted by atomic mass is 9.91. The summed E-state index contributed by atoms with van der Waals surface area (Å²) in [4.78, 5) is 23.3. The third kappa shape index (κ3) is 11.2. The minimum Gasteiger partial charge on any atom is -0.463 e. The van der Waals surface area contributed by atoms with Crippen molar-refractivity contribution in [2.24, 2.45) is 0 Å². The van der Waals surface area contributed by atoms with Gasteiger partial charge in [-0.25, -0.2) is 0 Å². The van der Waals surface area contributed by atoms with Gasteiger partial charge in [0.05, 0.1) is 32.0 Å². The van der Waals surface area contributed by atoms with Gasteiger partial charge >= 0.3 is 11.9 Å². The van der Waals surface area contributed by atoms with Gasteiger partial charge in [0.2, 0.25) is 0 Å². The predicted molar refractivity (Wildman–Crippen MR) is 180 cm³/mol. The van der Waals surface area contributed by atoms with Gasteiger partial charge in [0, 0.05) is 21.0 Å². The van der Waals surface area contributed by atoms with Crippen molar-refractivity contribution in [1.82, 2.24) is 0 Å². The number of carbonyl (C=O) groups is 2. The monoisotopic (exact) mass is 676 g/mol. The number of ether oxygens (including phenoxy) is 8. The Morgan fingerprint density at radius 3 is 1.67 bits per heavy atom. The van der Waals surface area contributed by atoms with E-state index in [1.807, 2.05) is 91.0 Å². The van der Waals surface area contributed by atoms with E-state index >= 15 is 0 Å². The molecule has 2 fully saturated rings. The summed E-state index contributed by atoms with van der Waals surface area (Å²) < 4.78 is 49.6. The number of rotatable bonds is 16. The zero-order valence-electron chi connectivity index (χ0n) is 28.5. The summed E-state index contributed by atoms with van der Waals surface area (Å²) in [5, 5.41) is 0. The highest BCUT2D eigenvalue weighted by Crippen LogP contribution is 2.34. The number of methoxy groups -OCH3 is 1. The molecule has 0 N–H and O–H groups in total. The Morgan fingerprint density at radius 2 is 1.16 bits per heavy atom. The Kier molecular flexibility index (Phi) is 14.2. The Balaban J connectivity index is 1.36. The van der Waals surface area contributed by atoms with Crippen LogP contribution >= 0.6 is 0 Å². The zero-order chi connectivity index (χ0) is 34.4. The molecule has 5 rings (SSSR count). The van der Waals surface area contributed by atoms with Crippen LogP contribution in [0.15, 0.2) is 91.0 Å². The highest BCUT2D eigenvalue weighted by Gasteiger charge is 2.49. The standard InChI is InChI=1S/C39H48O10/c1-27(40)43-26-35-33(47-28(2)41)21-19-32(48-35)20-22-34-36(44-23-29-13-7-4-8-14-29)37(45-24-30-15-9-5-10-16-30)38(39(42-3)49-34)46-25-31-17-11-6-12-18-31/h4-18,32-39H,19-26H2,1-3H3/t32-,33-,34+,35+,36+,37-,38+,39-/m0/s1. The molecule has 0 amide bonds. The summed E-state index contributed by atoms with van der Waals surface area (Å²) in [7, 11) is 1.61. The van der Waals surface area contributed by atoms with Gasteiger partial charge in [0.1, 0.15) is 37.1 Å². The molecule has 3 aromatic carbocycles. The van der Waals surface area contributed by atoms with Crippen molar-refractivity contribution in [2.45, 2.75) is 108 Å². The highest BCUT2D eigenvalue weighted by atomic mass is 16.7. The first kappa shape index (κ1) is 36.6. The smallest absolute Gasteiger partial charge is 0.302 e. The molecular weight excluding hydrogens is 628 g/mol. The van der Waals surface area contributed by atoms with Crippen LogP contribution in [0.2, 0.25) is 0 Å². The molecule has 0 aliphatic carbocycles. The van der Waals surface area contributed by atoms with Crippen molar-refractivity contribution < 1.29 is 47.5 Å². The molecule has 2 aliphatic rings. The van der Waals surface area contributed by atoms with E-state index < -0.39 is 54.9 Å². The first-order valence-corrected chi connectivity index (χ1v) is 17.0. The van der Waals surface area contributed by atoms with Gasteiger partial charge in [-0.05, 0) is 42.4 Å². The van der Waals surface area contributed by atoms with E-state index in [-0.39, 0.29) is 12.7 Å². The van der Waals surface area contributed by atoms with Gasteiger partial charge in [-0.3, -0.25) is 9.59 Å². The number of esters is 2. The lowest BCUT2D eigenvalue weighted by Crippen LogP contribution is -2.60. The molecule has 10 nitrogen and oxygen atoms in total. The van der Waals surface area contributed by atoms with E-state index in [2.05, 4.69) is 0 Å². The van der Waals surface area contributed by atoms with E-state index in [4.69, 9.17) is 37.9 Å². The second-order valence-corrected chi connectivity index (χ2v) is 12.5. The maximum atomic E-state index is 11.7. The van der Waals surface area contributed by atoms with Crippen LogP contribution in [0.4, 0.5) is 0 Å². The molecule has 2 aliphatic heterocycles. The first-order chi connectivity index (χ1) is 23.9. The summed E-state index contributed by atoms with van der Waals surface area (Å²) >= 11 is 0. The molecule has 0 unspecified atom stereocenters. The molecule has 49 heavy (non-hydrogen) atoms. The van der Waals surface area contributed by atoms with Crippen LogP contribution in [0.3, 0.4) is 0 Å². The minimum atomic E-state index is -0.719. The Morgan fingerprint density at radius 1 is 0.633 bits per heavy atom. The van der Waals surface area contributed by atoms with Crippen LogP contribution in [0.25, 0.3) is 0 Å². The Hall–Kier alpha value is -3.64. The van der Waals surface area contributed by atoms with Crippen molar-refractivity contribution in [3.8, 4) is 0 Å². The summed E-state index contributed by atoms with van der Waals surface area (Å²) in [5.41, 5.74) is 3.08. The van der Waals surface area contributed by atoms with Crippen molar-refractivity contribution in [1.29, 1.82) is 0 Å². The third-order valence-corrected chi connectivity index (χ3v) is 8.78. The average molecular weight is 677 g/mol. The zero-order valence-corrected chi connectivity index (χ0v) is 28.5. The van der Waals surface area contributed by atoms with Crippen LogP contribution < -0.4 is 0 Å². The fourth-order valence-electron chi connectivity index (χ4n) is 6.36. The van der Waals surface area contributed by atoms with Crippen LogP contribution in [0, 0.1) is 0 Å². The van der Waals surface area contributed by atoms with Crippen molar-refractivity contribution in [3.05, 3.63) is 108 Å². The maximum Gasteiger partial charge on any atom is 0.302 e.